The van der Waals surface area contributed by atoms with Crippen LogP contribution in [0.3, 0.4) is 0 Å². The Morgan fingerprint density at radius 1 is 1.58 bits per heavy atom. The molecule has 0 aromatic carbocycles. The van der Waals surface area contributed by atoms with E-state index in [0.717, 1.165) is 0 Å². The number of nitrogens with two attached hydrogens (primary N) is 1. The van der Waals surface area contributed by atoms with Crippen molar-refractivity contribution in [2.75, 3.05) is 0 Å². The summed E-state index contributed by atoms with van der Waals surface area (Å²) in [5.41, 5.74) is 0.184. The van der Waals surface area contributed by atoms with Crippen molar-refractivity contribution in [3.8, 4) is 0 Å². The number of H-pyrrole nitrogens is 1. The minimum absolute atomic E-state index is 0.111. The molecule has 102 valence electrons. The van der Waals surface area contributed by atoms with Crippen molar-refractivity contribution >= 4 is 15.9 Å². The van der Waals surface area contributed by atoms with Crippen LogP contribution >= 0.6 is 0 Å². The second-order valence-corrected chi connectivity index (χ2v) is 5.39. The number of carbonyl (C=O) groups excluding carboxylic acids is 1. The van der Waals surface area contributed by atoms with Gasteiger partial charge in [0.15, 0.2) is 0 Å². The number of aromatic amines is 1. The van der Waals surface area contributed by atoms with Gasteiger partial charge in [0, 0.05) is 13.2 Å². The second-order valence-electron chi connectivity index (χ2n) is 3.83. The predicted octanol–water partition coefficient (Wildman–Crippen LogP) is -1.28. The average molecular weight is 284 g/mol. The van der Waals surface area contributed by atoms with Gasteiger partial charge in [-0.05, 0) is 6.07 Å². The lowest BCUT2D eigenvalue weighted by molar-refractivity contribution is 0.0942. The lowest BCUT2D eigenvalue weighted by atomic mass is 10.4. The first-order chi connectivity index (χ1) is 8.88. The second kappa shape index (κ2) is 4.82. The van der Waals surface area contributed by atoms with Gasteiger partial charge in [0.2, 0.25) is 10.0 Å². The van der Waals surface area contributed by atoms with E-state index in [4.69, 9.17) is 5.14 Å². The van der Waals surface area contributed by atoms with Crippen LogP contribution in [0.4, 0.5) is 0 Å². The van der Waals surface area contributed by atoms with Gasteiger partial charge in [0.05, 0.1) is 6.54 Å². The fourth-order valence-corrected chi connectivity index (χ4v) is 2.07. The molecule has 0 saturated heterocycles. The summed E-state index contributed by atoms with van der Waals surface area (Å²) in [6.45, 7) is 0.161. The quantitative estimate of drug-likeness (QED) is 0.642. The van der Waals surface area contributed by atoms with E-state index in [-0.39, 0.29) is 17.1 Å². The largest absolute Gasteiger partial charge is 0.345 e. The molecule has 0 saturated carbocycles. The van der Waals surface area contributed by atoms with Crippen LogP contribution in [0.2, 0.25) is 0 Å². The van der Waals surface area contributed by atoms with E-state index in [0.29, 0.717) is 5.82 Å². The number of aromatic nitrogens is 4. The molecular formula is C9H12N6O3S. The van der Waals surface area contributed by atoms with Crippen molar-refractivity contribution < 1.29 is 13.2 Å². The maximum atomic E-state index is 11.9. The summed E-state index contributed by atoms with van der Waals surface area (Å²) < 4.78 is 23.7. The molecule has 19 heavy (non-hydrogen) atoms. The van der Waals surface area contributed by atoms with Crippen LogP contribution in [0.1, 0.15) is 16.3 Å². The Balaban J connectivity index is 2.13. The van der Waals surface area contributed by atoms with Crippen LogP contribution in [0, 0.1) is 0 Å². The summed E-state index contributed by atoms with van der Waals surface area (Å²) in [5.74, 6) is 0.0584. The zero-order chi connectivity index (χ0) is 14.0. The Morgan fingerprint density at radius 3 is 2.84 bits per heavy atom. The molecule has 1 amide bonds. The van der Waals surface area contributed by atoms with E-state index in [2.05, 4.69) is 20.5 Å². The van der Waals surface area contributed by atoms with Gasteiger partial charge in [-0.1, -0.05) is 0 Å². The standard InChI is InChI=1S/C9H12N6O3S/c1-15-4-6(19(10,17)18)2-7(15)9(16)11-3-8-12-5-13-14-8/h2,4-5H,3H2,1H3,(H,11,16)(H2,10,17,18)(H,12,13,14). The average Bonchev–Trinajstić information content (AvgIpc) is 2.93. The van der Waals surface area contributed by atoms with Crippen molar-refractivity contribution in [2.24, 2.45) is 12.2 Å². The van der Waals surface area contributed by atoms with Crippen molar-refractivity contribution in [3.63, 3.8) is 0 Å². The fraction of sp³-hybridized carbons (Fsp3) is 0.222. The number of nitrogens with zero attached hydrogens (tertiary/aromatic N) is 3. The van der Waals surface area contributed by atoms with Crippen LogP contribution in [-0.2, 0) is 23.6 Å². The van der Waals surface area contributed by atoms with Gasteiger partial charge >= 0.3 is 0 Å². The number of hydrogen-bond donors (Lipinski definition) is 3. The third kappa shape index (κ3) is 2.98. The van der Waals surface area contributed by atoms with E-state index in [1.165, 1.54) is 23.2 Å². The minimum Gasteiger partial charge on any atom is -0.345 e. The molecule has 10 heteroatoms. The van der Waals surface area contributed by atoms with Crippen LogP contribution in [-0.4, -0.2) is 34.1 Å². The van der Waals surface area contributed by atoms with E-state index < -0.39 is 15.9 Å². The molecule has 4 N–H and O–H groups in total. The molecule has 2 aromatic rings. The van der Waals surface area contributed by atoms with Crippen LogP contribution in [0.25, 0.3) is 0 Å². The molecule has 0 spiro atoms. The number of amides is 1. The molecule has 0 aliphatic rings. The number of carbonyl (C=O) groups is 1. The summed E-state index contributed by atoms with van der Waals surface area (Å²) >= 11 is 0. The highest BCUT2D eigenvalue weighted by Crippen LogP contribution is 2.11. The highest BCUT2D eigenvalue weighted by molar-refractivity contribution is 7.89. The number of sulfonamides is 1. The molecule has 0 bridgehead atoms. The summed E-state index contributed by atoms with van der Waals surface area (Å²) in [5, 5.41) is 13.8. The van der Waals surface area contributed by atoms with Crippen LogP contribution in [0.15, 0.2) is 23.5 Å². The molecule has 0 fully saturated rings. The Hall–Kier alpha value is -2.20. The molecule has 0 aliphatic carbocycles. The number of rotatable bonds is 4. The number of nitrogens with one attached hydrogen (secondary N) is 2. The number of primary sulfonamides is 1. The predicted molar refractivity (Wildman–Crippen MR) is 64.3 cm³/mol. The summed E-state index contributed by atoms with van der Waals surface area (Å²) in [7, 11) is -2.27. The highest BCUT2D eigenvalue weighted by Gasteiger charge is 2.17. The van der Waals surface area contributed by atoms with Gasteiger partial charge in [0.25, 0.3) is 5.91 Å². The van der Waals surface area contributed by atoms with Gasteiger partial charge < -0.3 is 9.88 Å². The molecule has 0 radical (unpaired) electrons. The number of aryl methyl sites for hydroxylation is 1. The Bertz CT molecular complexity index is 688. The van der Waals surface area contributed by atoms with Gasteiger partial charge in [-0.2, -0.15) is 5.10 Å². The number of hydrogen-bond acceptors (Lipinski definition) is 5. The van der Waals surface area contributed by atoms with E-state index in [1.807, 2.05) is 0 Å². The first kappa shape index (κ1) is 13.2. The SMILES string of the molecule is Cn1cc(S(N)(=O)=O)cc1C(=O)NCc1ncn[nH]1. The maximum Gasteiger partial charge on any atom is 0.268 e. The van der Waals surface area contributed by atoms with E-state index in [9.17, 15) is 13.2 Å². The molecule has 2 aromatic heterocycles. The van der Waals surface area contributed by atoms with Crippen molar-refractivity contribution in [3.05, 3.63) is 30.1 Å². The molecule has 0 atom stereocenters. The molecule has 0 aliphatic heterocycles. The molecule has 2 heterocycles. The third-order valence-electron chi connectivity index (χ3n) is 2.42. The summed E-state index contributed by atoms with van der Waals surface area (Å²) in [4.78, 5) is 15.6. The normalized spacial score (nSPS) is 11.5. The van der Waals surface area contributed by atoms with Crippen LogP contribution in [0.5, 0.6) is 0 Å². The molecule has 0 unspecified atom stereocenters. The van der Waals surface area contributed by atoms with Crippen molar-refractivity contribution in [1.29, 1.82) is 0 Å². The summed E-state index contributed by atoms with van der Waals surface area (Å²) in [6.07, 6.45) is 2.60. The lowest BCUT2D eigenvalue weighted by Gasteiger charge is -2.03. The van der Waals surface area contributed by atoms with Crippen molar-refractivity contribution in [1.82, 2.24) is 25.1 Å². The fourth-order valence-electron chi connectivity index (χ4n) is 1.49. The first-order valence-corrected chi connectivity index (χ1v) is 6.74. The first-order valence-electron chi connectivity index (χ1n) is 5.19. The lowest BCUT2D eigenvalue weighted by Crippen LogP contribution is -2.25. The van der Waals surface area contributed by atoms with Gasteiger partial charge in [-0.15, -0.1) is 0 Å². The van der Waals surface area contributed by atoms with Gasteiger partial charge in [-0.3, -0.25) is 9.89 Å². The molecule has 2 rings (SSSR count). The van der Waals surface area contributed by atoms with Crippen LogP contribution < -0.4 is 10.5 Å². The Labute approximate surface area is 108 Å². The Kier molecular flexibility index (Phi) is 3.36. The highest BCUT2D eigenvalue weighted by atomic mass is 32.2. The smallest absolute Gasteiger partial charge is 0.268 e. The zero-order valence-electron chi connectivity index (χ0n) is 9.99. The zero-order valence-corrected chi connectivity index (χ0v) is 10.8. The monoisotopic (exact) mass is 284 g/mol. The van der Waals surface area contributed by atoms with E-state index >= 15 is 0 Å². The third-order valence-corrected chi connectivity index (χ3v) is 3.30. The maximum absolute atomic E-state index is 11.9. The molecular weight excluding hydrogens is 272 g/mol. The van der Waals surface area contributed by atoms with Gasteiger partial charge in [-0.25, -0.2) is 18.5 Å². The Morgan fingerprint density at radius 2 is 2.32 bits per heavy atom. The summed E-state index contributed by atoms with van der Waals surface area (Å²) in [6, 6.07) is 1.21. The van der Waals surface area contributed by atoms with Crippen molar-refractivity contribution in [2.45, 2.75) is 11.4 Å². The molecule has 9 nitrogen and oxygen atoms in total. The topological polar surface area (TPSA) is 136 Å². The minimum atomic E-state index is -3.83. The van der Waals surface area contributed by atoms with Gasteiger partial charge in [0.1, 0.15) is 22.7 Å². The van der Waals surface area contributed by atoms with E-state index in [1.54, 1.807) is 7.05 Å².